The monoisotopic (exact) mass is 587 g/mol. The summed E-state index contributed by atoms with van der Waals surface area (Å²) in [6.45, 7) is 0. The molecule has 0 bridgehead atoms. The minimum absolute atomic E-state index is 0.891. The summed E-state index contributed by atoms with van der Waals surface area (Å²) in [6.07, 6.45) is 0. The maximum atomic E-state index is 6.69. The first-order valence-electron chi connectivity index (χ1n) is 15.6. The van der Waals surface area contributed by atoms with E-state index in [-0.39, 0.29) is 0 Å². The van der Waals surface area contributed by atoms with Crippen LogP contribution in [-0.4, -0.2) is 4.40 Å². The van der Waals surface area contributed by atoms with Crippen LogP contribution in [0.5, 0.6) is 0 Å². The highest BCUT2D eigenvalue weighted by molar-refractivity contribution is 6.32. The largest absolute Gasteiger partial charge is 0.456 e. The molecular weight excluding hydrogens is 566 g/mol. The second kappa shape index (κ2) is 7.87. The van der Waals surface area contributed by atoms with Gasteiger partial charge in [0.2, 0.25) is 0 Å². The van der Waals surface area contributed by atoms with E-state index in [9.17, 15) is 0 Å². The van der Waals surface area contributed by atoms with Gasteiger partial charge in [0.1, 0.15) is 22.3 Å². The van der Waals surface area contributed by atoms with Crippen molar-refractivity contribution in [1.82, 2.24) is 4.40 Å². The lowest BCUT2D eigenvalue weighted by Gasteiger charge is -2.06. The first-order chi connectivity index (χ1) is 22.8. The number of rotatable bonds is 1. The van der Waals surface area contributed by atoms with Gasteiger partial charge in [0.05, 0.1) is 16.6 Å². The Kier molecular flexibility index (Phi) is 3.96. The van der Waals surface area contributed by atoms with Crippen molar-refractivity contribution < 1.29 is 13.3 Å². The molecule has 0 aliphatic carbocycles. The van der Waals surface area contributed by atoms with Gasteiger partial charge in [-0.05, 0) is 59.7 Å². The van der Waals surface area contributed by atoms with Gasteiger partial charge in [0.25, 0.3) is 0 Å². The molecule has 7 aromatic carbocycles. The highest BCUT2D eigenvalue weighted by atomic mass is 16.3. The summed E-state index contributed by atoms with van der Waals surface area (Å²) in [6, 6.07) is 45.0. The van der Waals surface area contributed by atoms with Crippen molar-refractivity contribution in [1.29, 1.82) is 0 Å². The second-order valence-electron chi connectivity index (χ2n) is 12.4. The third-order valence-corrected chi connectivity index (χ3v) is 10.1. The highest BCUT2D eigenvalue weighted by Crippen LogP contribution is 2.48. The SMILES string of the molecule is c1ccc2c(c1)oc1c2ccc2c3cc(-c4cccc5oc6ccccc6c45)cc4c5ccc6c7ccccc7oc6c5n(c34)c21. The van der Waals surface area contributed by atoms with Crippen molar-refractivity contribution in [3.05, 3.63) is 127 Å². The number of para-hydroxylation sites is 3. The Bertz CT molecular complexity index is 3100. The summed E-state index contributed by atoms with van der Waals surface area (Å²) in [5, 5.41) is 11.4. The Morgan fingerprint density at radius 2 is 0.848 bits per heavy atom. The van der Waals surface area contributed by atoms with Gasteiger partial charge in [0.15, 0.2) is 11.2 Å². The van der Waals surface area contributed by atoms with Gasteiger partial charge >= 0.3 is 0 Å². The van der Waals surface area contributed by atoms with Gasteiger partial charge in [-0.2, -0.15) is 0 Å². The highest BCUT2D eigenvalue weighted by Gasteiger charge is 2.25. The molecule has 12 rings (SSSR count). The maximum Gasteiger partial charge on any atom is 0.160 e. The zero-order chi connectivity index (χ0) is 29.7. The standard InChI is InChI=1S/C42H21NO3/c1-4-12-33-24(8-1)28-18-16-26-31-20-22(23-11-7-15-36-37(23)30-10-3-6-14-35(30)44-36)21-32-27-17-19-29-25-9-2-5-13-34(25)46-42(29)40(27)43(38(31)32)39(26)41(28)45-33/h1-21H. The van der Waals surface area contributed by atoms with Crippen molar-refractivity contribution in [2.45, 2.75) is 0 Å². The molecule has 0 saturated carbocycles. The molecule has 0 spiro atoms. The van der Waals surface area contributed by atoms with Gasteiger partial charge in [0, 0.05) is 53.9 Å². The average Bonchev–Trinajstić information content (AvgIpc) is 3.90. The minimum Gasteiger partial charge on any atom is -0.456 e. The lowest BCUT2D eigenvalue weighted by Crippen LogP contribution is -1.82. The van der Waals surface area contributed by atoms with E-state index in [0.29, 0.717) is 0 Å². The van der Waals surface area contributed by atoms with Crippen LogP contribution in [0.15, 0.2) is 141 Å². The fourth-order valence-electron chi connectivity index (χ4n) is 8.22. The van der Waals surface area contributed by atoms with Crippen LogP contribution in [0.25, 0.3) is 115 Å². The number of fused-ring (bicyclic) bond motifs is 17. The molecule has 0 atom stereocenters. The third-order valence-electron chi connectivity index (χ3n) is 10.1. The smallest absolute Gasteiger partial charge is 0.160 e. The topological polar surface area (TPSA) is 43.8 Å². The first kappa shape index (κ1) is 23.2. The predicted molar refractivity (Wildman–Crippen MR) is 188 cm³/mol. The molecule has 0 fully saturated rings. The first-order valence-corrected chi connectivity index (χ1v) is 15.6. The van der Waals surface area contributed by atoms with Crippen LogP contribution in [0.1, 0.15) is 0 Å². The fourth-order valence-corrected chi connectivity index (χ4v) is 8.22. The Morgan fingerprint density at radius 3 is 1.46 bits per heavy atom. The molecule has 46 heavy (non-hydrogen) atoms. The van der Waals surface area contributed by atoms with Crippen molar-refractivity contribution in [2.75, 3.05) is 0 Å². The molecule has 0 aliphatic heterocycles. The molecule has 4 nitrogen and oxygen atoms in total. The molecular formula is C42H21NO3. The van der Waals surface area contributed by atoms with Crippen molar-refractivity contribution in [2.24, 2.45) is 0 Å². The lowest BCUT2D eigenvalue weighted by molar-refractivity contribution is 0.669. The number of furan rings is 3. The third kappa shape index (κ3) is 2.65. The zero-order valence-electron chi connectivity index (χ0n) is 24.3. The van der Waals surface area contributed by atoms with E-state index >= 15 is 0 Å². The van der Waals surface area contributed by atoms with E-state index in [0.717, 1.165) is 98.7 Å². The molecule has 5 heterocycles. The number of hydrogen-bond acceptors (Lipinski definition) is 3. The summed E-state index contributed by atoms with van der Waals surface area (Å²) < 4.78 is 22.1. The van der Waals surface area contributed by atoms with Crippen molar-refractivity contribution >= 4 is 104 Å². The quantitative estimate of drug-likeness (QED) is 0.192. The molecule has 0 unspecified atom stereocenters. The lowest BCUT2D eigenvalue weighted by atomic mass is 9.95. The molecule has 0 amide bonds. The summed E-state index contributed by atoms with van der Waals surface area (Å²) in [5.74, 6) is 0. The van der Waals surface area contributed by atoms with Gasteiger partial charge in [-0.25, -0.2) is 0 Å². The molecule has 0 aliphatic rings. The van der Waals surface area contributed by atoms with Gasteiger partial charge < -0.3 is 17.7 Å². The van der Waals surface area contributed by atoms with Crippen LogP contribution < -0.4 is 0 Å². The van der Waals surface area contributed by atoms with E-state index in [4.69, 9.17) is 13.3 Å². The normalized spacial score (nSPS) is 12.8. The summed E-state index contributed by atoms with van der Waals surface area (Å²) in [5.41, 5.74) is 11.0. The molecule has 212 valence electrons. The fraction of sp³-hybridized carbons (Fsp3) is 0. The minimum atomic E-state index is 0.891. The maximum absolute atomic E-state index is 6.69. The Labute approximate surface area is 259 Å². The molecule has 0 radical (unpaired) electrons. The van der Waals surface area contributed by atoms with Crippen LogP contribution in [-0.2, 0) is 0 Å². The molecule has 0 N–H and O–H groups in total. The zero-order valence-corrected chi connectivity index (χ0v) is 24.3. The van der Waals surface area contributed by atoms with Crippen LogP contribution >= 0.6 is 0 Å². The van der Waals surface area contributed by atoms with Gasteiger partial charge in [-0.3, -0.25) is 0 Å². The summed E-state index contributed by atoms with van der Waals surface area (Å²) in [4.78, 5) is 0. The Hall–Kier alpha value is -6.26. The molecule has 4 heteroatoms. The van der Waals surface area contributed by atoms with Crippen molar-refractivity contribution in [3.63, 3.8) is 0 Å². The van der Waals surface area contributed by atoms with E-state index in [2.05, 4.69) is 108 Å². The van der Waals surface area contributed by atoms with Crippen LogP contribution in [0.3, 0.4) is 0 Å². The molecule has 0 saturated heterocycles. The van der Waals surface area contributed by atoms with Crippen LogP contribution in [0.4, 0.5) is 0 Å². The van der Waals surface area contributed by atoms with E-state index in [1.807, 2.05) is 24.3 Å². The van der Waals surface area contributed by atoms with Crippen molar-refractivity contribution in [3.8, 4) is 11.1 Å². The second-order valence-corrected chi connectivity index (χ2v) is 12.4. The average molecular weight is 588 g/mol. The van der Waals surface area contributed by atoms with E-state index in [1.54, 1.807) is 0 Å². The van der Waals surface area contributed by atoms with Crippen LogP contribution in [0.2, 0.25) is 0 Å². The van der Waals surface area contributed by atoms with E-state index < -0.39 is 0 Å². The number of benzene rings is 7. The molecule has 5 aromatic heterocycles. The predicted octanol–water partition coefficient (Wildman–Crippen LogP) is 12.2. The van der Waals surface area contributed by atoms with Gasteiger partial charge in [-0.15, -0.1) is 0 Å². The number of nitrogens with zero attached hydrogens (tertiary/aromatic N) is 1. The molecule has 12 aromatic rings. The summed E-state index contributed by atoms with van der Waals surface area (Å²) in [7, 11) is 0. The summed E-state index contributed by atoms with van der Waals surface area (Å²) >= 11 is 0. The van der Waals surface area contributed by atoms with Gasteiger partial charge in [-0.1, -0.05) is 78.9 Å². The van der Waals surface area contributed by atoms with Crippen LogP contribution in [0, 0.1) is 0 Å². The Balaban J connectivity index is 1.34. The Morgan fingerprint density at radius 1 is 0.348 bits per heavy atom. The number of hydrogen-bond donors (Lipinski definition) is 0. The van der Waals surface area contributed by atoms with E-state index in [1.165, 1.54) is 16.3 Å². The number of aromatic nitrogens is 1.